The molecule has 1 aromatic carbocycles. The van der Waals surface area contributed by atoms with Crippen LogP contribution in [-0.2, 0) is 20.3 Å². The van der Waals surface area contributed by atoms with E-state index in [1.807, 2.05) is 19.1 Å². The zero-order valence-electron chi connectivity index (χ0n) is 18.4. The highest BCUT2D eigenvalue weighted by atomic mass is 32.2. The molecule has 0 amide bonds. The van der Waals surface area contributed by atoms with E-state index in [1.165, 1.54) is 24.6 Å². The number of rotatable bonds is 6. The Balaban J connectivity index is 1.69. The van der Waals surface area contributed by atoms with E-state index in [2.05, 4.69) is 15.8 Å². The minimum Gasteiger partial charge on any atom is -0.432 e. The second kappa shape index (κ2) is 8.00. The molecular formula is C24H25N3O5S. The number of pyridine rings is 1. The van der Waals surface area contributed by atoms with E-state index in [0.717, 1.165) is 24.8 Å². The van der Waals surface area contributed by atoms with Crippen molar-refractivity contribution >= 4 is 26.9 Å². The maximum absolute atomic E-state index is 13.3. The average molecular weight is 468 g/mol. The molecular weight excluding hydrogens is 442 g/mol. The van der Waals surface area contributed by atoms with Gasteiger partial charge in [-0.3, -0.25) is 9.36 Å². The first-order chi connectivity index (χ1) is 15.8. The maximum atomic E-state index is 13.3. The average Bonchev–Trinajstić information content (AvgIpc) is 3.24. The van der Waals surface area contributed by atoms with Crippen LogP contribution in [0.25, 0.3) is 10.9 Å². The zero-order valence-corrected chi connectivity index (χ0v) is 19.2. The number of nitrogens with zero attached hydrogens (tertiary/aromatic N) is 2. The van der Waals surface area contributed by atoms with E-state index in [4.69, 9.17) is 9.15 Å². The van der Waals surface area contributed by atoms with Crippen LogP contribution >= 0.6 is 0 Å². The van der Waals surface area contributed by atoms with Crippen molar-refractivity contribution in [2.24, 2.45) is 5.92 Å². The van der Waals surface area contributed by atoms with Crippen molar-refractivity contribution in [3.05, 3.63) is 76.9 Å². The topological polar surface area (TPSA) is 103 Å². The number of fused-ring (bicyclic) bond motifs is 1. The summed E-state index contributed by atoms with van der Waals surface area (Å²) in [5.41, 5.74) is 0.891. The molecule has 2 atom stereocenters. The molecule has 5 rings (SSSR count). The van der Waals surface area contributed by atoms with Crippen LogP contribution in [0.3, 0.4) is 0 Å². The van der Waals surface area contributed by atoms with Gasteiger partial charge in [0.2, 0.25) is 0 Å². The molecule has 2 aromatic heterocycles. The number of sulfonamides is 1. The Morgan fingerprint density at radius 1 is 1.24 bits per heavy atom. The van der Waals surface area contributed by atoms with Gasteiger partial charge in [0.1, 0.15) is 12.4 Å². The van der Waals surface area contributed by atoms with Crippen LogP contribution in [0.15, 0.2) is 80.7 Å². The Labute approximate surface area is 191 Å². The fraction of sp³-hybridized carbons (Fsp3) is 0.333. The van der Waals surface area contributed by atoms with Crippen molar-refractivity contribution in [2.45, 2.75) is 42.7 Å². The first-order valence-electron chi connectivity index (χ1n) is 10.8. The summed E-state index contributed by atoms with van der Waals surface area (Å²) in [5.74, 6) is 0.237. The van der Waals surface area contributed by atoms with Gasteiger partial charge >= 0.3 is 6.01 Å². The van der Waals surface area contributed by atoms with Gasteiger partial charge in [0.05, 0.1) is 22.1 Å². The molecule has 0 aliphatic heterocycles. The van der Waals surface area contributed by atoms with Crippen LogP contribution < -0.4 is 10.3 Å². The van der Waals surface area contributed by atoms with Gasteiger partial charge < -0.3 is 9.15 Å². The van der Waals surface area contributed by atoms with Crippen LogP contribution in [0.5, 0.6) is 0 Å². The third-order valence-electron chi connectivity index (χ3n) is 6.68. The summed E-state index contributed by atoms with van der Waals surface area (Å²) in [4.78, 5) is 17.2. The highest BCUT2D eigenvalue weighted by Crippen LogP contribution is 2.47. The van der Waals surface area contributed by atoms with Crippen LogP contribution in [0, 0.1) is 5.92 Å². The van der Waals surface area contributed by atoms with Crippen molar-refractivity contribution in [3.8, 4) is 0 Å². The first kappa shape index (κ1) is 21.7. The van der Waals surface area contributed by atoms with Crippen LogP contribution in [0.4, 0.5) is 6.01 Å². The number of allylic oxidation sites excluding steroid dienone is 2. The fourth-order valence-electron chi connectivity index (χ4n) is 4.99. The van der Waals surface area contributed by atoms with Gasteiger partial charge in [-0.05, 0) is 55.3 Å². The molecule has 0 spiro atoms. The van der Waals surface area contributed by atoms with E-state index in [1.54, 1.807) is 29.9 Å². The van der Waals surface area contributed by atoms with Crippen LogP contribution in [-0.4, -0.2) is 31.2 Å². The third-order valence-corrected chi connectivity index (χ3v) is 8.00. The predicted molar refractivity (Wildman–Crippen MR) is 125 cm³/mol. The van der Waals surface area contributed by atoms with Gasteiger partial charge in [0.15, 0.2) is 0 Å². The van der Waals surface area contributed by atoms with E-state index in [-0.39, 0.29) is 28.5 Å². The summed E-state index contributed by atoms with van der Waals surface area (Å²) < 4.78 is 40.7. The lowest BCUT2D eigenvalue weighted by Crippen LogP contribution is -2.56. The number of methoxy groups -OCH3 is 1. The molecule has 172 valence electrons. The fourth-order valence-corrected chi connectivity index (χ4v) is 5.97. The number of ether oxygens (including phenoxy) is 1. The third kappa shape index (κ3) is 3.52. The van der Waals surface area contributed by atoms with Gasteiger partial charge in [-0.1, -0.05) is 30.2 Å². The molecule has 0 saturated heterocycles. The normalized spacial score (nSPS) is 23.3. The van der Waals surface area contributed by atoms with Gasteiger partial charge in [0, 0.05) is 13.2 Å². The highest BCUT2D eigenvalue weighted by molar-refractivity contribution is 7.92. The molecule has 2 unspecified atom stereocenters. The Kier molecular flexibility index (Phi) is 5.25. The SMILES string of the molecule is COC1C=CC(C)=CC1(C1CCC1)n1c(=O)ccc2cc(S(=O)(=O)Nc3ncco3)ccc21. The summed E-state index contributed by atoms with van der Waals surface area (Å²) in [6.45, 7) is 2.02. The van der Waals surface area contributed by atoms with Crippen molar-refractivity contribution < 1.29 is 17.6 Å². The number of anilines is 1. The zero-order chi connectivity index (χ0) is 23.2. The molecule has 1 saturated carbocycles. The molecule has 1 fully saturated rings. The van der Waals surface area contributed by atoms with Crippen molar-refractivity contribution in [1.82, 2.24) is 9.55 Å². The predicted octanol–water partition coefficient (Wildman–Crippen LogP) is 3.82. The van der Waals surface area contributed by atoms with E-state index >= 15 is 0 Å². The molecule has 8 nitrogen and oxygen atoms in total. The van der Waals surface area contributed by atoms with Crippen LogP contribution in [0.1, 0.15) is 26.2 Å². The molecule has 1 N–H and O–H groups in total. The van der Waals surface area contributed by atoms with Gasteiger partial charge in [-0.15, -0.1) is 0 Å². The van der Waals surface area contributed by atoms with E-state index < -0.39 is 15.6 Å². The quantitative estimate of drug-likeness (QED) is 0.591. The molecule has 3 aromatic rings. The maximum Gasteiger partial charge on any atom is 0.308 e. The Hall–Kier alpha value is -3.17. The lowest BCUT2D eigenvalue weighted by atomic mass is 9.65. The Morgan fingerprint density at radius 2 is 2.06 bits per heavy atom. The molecule has 2 heterocycles. The summed E-state index contributed by atoms with van der Waals surface area (Å²) in [6.07, 6.45) is 11.6. The van der Waals surface area contributed by atoms with Gasteiger partial charge in [-0.25, -0.2) is 18.1 Å². The summed E-state index contributed by atoms with van der Waals surface area (Å²) in [7, 11) is -2.25. The largest absolute Gasteiger partial charge is 0.432 e. The molecule has 0 bridgehead atoms. The lowest BCUT2D eigenvalue weighted by molar-refractivity contribution is -0.00591. The van der Waals surface area contributed by atoms with E-state index in [9.17, 15) is 13.2 Å². The first-order valence-corrected chi connectivity index (χ1v) is 12.3. The second-order valence-corrected chi connectivity index (χ2v) is 10.3. The van der Waals surface area contributed by atoms with Crippen molar-refractivity contribution in [1.29, 1.82) is 0 Å². The monoisotopic (exact) mass is 467 g/mol. The molecule has 33 heavy (non-hydrogen) atoms. The molecule has 9 heteroatoms. The standard InChI is InChI=1S/C24H25N3O5S/c1-16-6-10-21(31-2)24(15-16,18-4-3-5-18)27-20-9-8-19(14-17(20)7-11-22(27)28)33(29,30)26-23-25-12-13-32-23/h6-15,18,21H,3-5H2,1-2H3,(H,25,26). The highest BCUT2D eigenvalue weighted by Gasteiger charge is 2.49. The van der Waals surface area contributed by atoms with Gasteiger partial charge in [-0.2, -0.15) is 0 Å². The lowest BCUT2D eigenvalue weighted by Gasteiger charge is -2.49. The van der Waals surface area contributed by atoms with Crippen LogP contribution in [0.2, 0.25) is 0 Å². The number of aromatic nitrogens is 2. The van der Waals surface area contributed by atoms with Gasteiger partial charge in [0.25, 0.3) is 15.6 Å². The summed E-state index contributed by atoms with van der Waals surface area (Å²) in [6, 6.07) is 7.78. The minimum atomic E-state index is -3.91. The number of hydrogen-bond donors (Lipinski definition) is 1. The van der Waals surface area contributed by atoms with Crippen molar-refractivity contribution in [2.75, 3.05) is 11.8 Å². The number of benzene rings is 1. The van der Waals surface area contributed by atoms with E-state index in [0.29, 0.717) is 10.9 Å². The number of nitrogens with one attached hydrogen (secondary N) is 1. The number of hydrogen-bond acceptors (Lipinski definition) is 6. The number of oxazole rings is 1. The Bertz CT molecular complexity index is 1420. The minimum absolute atomic E-state index is 0.0506. The molecule has 2 aliphatic carbocycles. The van der Waals surface area contributed by atoms with Crippen molar-refractivity contribution in [3.63, 3.8) is 0 Å². The molecule has 0 radical (unpaired) electrons. The second-order valence-electron chi connectivity index (χ2n) is 8.59. The molecule has 2 aliphatic rings. The summed E-state index contributed by atoms with van der Waals surface area (Å²) in [5, 5.41) is 0.638. The Morgan fingerprint density at radius 3 is 2.73 bits per heavy atom. The smallest absolute Gasteiger partial charge is 0.308 e. The summed E-state index contributed by atoms with van der Waals surface area (Å²) >= 11 is 0.